The maximum absolute atomic E-state index is 4.64. The van der Waals surface area contributed by atoms with E-state index in [1.54, 1.807) is 0 Å². The van der Waals surface area contributed by atoms with Crippen LogP contribution in [0.5, 0.6) is 0 Å². The summed E-state index contributed by atoms with van der Waals surface area (Å²) in [5.41, 5.74) is 1.21. The number of thiazole rings is 1. The molecule has 2 rings (SSSR count). The Bertz CT molecular complexity index is 343. The third-order valence-corrected chi connectivity index (χ3v) is 5.07. The highest BCUT2D eigenvalue weighted by Crippen LogP contribution is 2.24. The molecule has 0 N–H and O–H groups in total. The quantitative estimate of drug-likeness (QED) is 0.786. The summed E-state index contributed by atoms with van der Waals surface area (Å²) in [6.45, 7) is 7.83. The maximum atomic E-state index is 4.64. The van der Waals surface area contributed by atoms with Gasteiger partial charge in [-0.15, -0.1) is 11.3 Å². The summed E-state index contributed by atoms with van der Waals surface area (Å²) >= 11 is 5.42. The van der Waals surface area contributed by atoms with Crippen LogP contribution in [0.4, 0.5) is 0 Å². The first-order valence-electron chi connectivity index (χ1n) is 6.40. The lowest BCUT2D eigenvalue weighted by Gasteiger charge is -2.31. The van der Waals surface area contributed by atoms with E-state index in [9.17, 15) is 0 Å². The molecule has 0 spiro atoms. The number of halogens is 1. The molecule has 0 radical (unpaired) electrons. The van der Waals surface area contributed by atoms with Gasteiger partial charge in [0.05, 0.1) is 12.2 Å². The van der Waals surface area contributed by atoms with Crippen molar-refractivity contribution < 1.29 is 0 Å². The molecule has 2 nitrogen and oxygen atoms in total. The molecule has 0 aromatic carbocycles. The Balaban J connectivity index is 1.90. The van der Waals surface area contributed by atoms with Crippen LogP contribution in [0, 0.1) is 19.8 Å². The van der Waals surface area contributed by atoms with Gasteiger partial charge in [0.1, 0.15) is 5.01 Å². The molecule has 1 aliphatic rings. The number of likely N-dealkylation sites (tertiary alicyclic amines) is 1. The zero-order valence-electron chi connectivity index (χ0n) is 10.7. The van der Waals surface area contributed by atoms with Crippen LogP contribution in [0.3, 0.4) is 0 Å². The van der Waals surface area contributed by atoms with Gasteiger partial charge in [-0.05, 0) is 45.6 Å². The van der Waals surface area contributed by atoms with Crippen LogP contribution in [0.25, 0.3) is 0 Å². The van der Waals surface area contributed by atoms with Gasteiger partial charge in [0, 0.05) is 16.8 Å². The lowest BCUT2D eigenvalue weighted by atomic mass is 9.96. The number of rotatable bonds is 4. The molecule has 17 heavy (non-hydrogen) atoms. The van der Waals surface area contributed by atoms with Gasteiger partial charge in [0.15, 0.2) is 0 Å². The second-order valence-electron chi connectivity index (χ2n) is 4.97. The fourth-order valence-corrected chi connectivity index (χ4v) is 4.11. The Labute approximate surface area is 117 Å². The Kier molecular flexibility index (Phi) is 5.00. The average Bonchev–Trinajstić information content (AvgIpc) is 2.59. The zero-order chi connectivity index (χ0) is 12.3. The van der Waals surface area contributed by atoms with Gasteiger partial charge in [-0.3, -0.25) is 4.90 Å². The molecule has 1 aromatic heterocycles. The molecule has 0 saturated carbocycles. The van der Waals surface area contributed by atoms with Crippen LogP contribution in [-0.2, 0) is 6.54 Å². The van der Waals surface area contributed by atoms with E-state index in [-0.39, 0.29) is 0 Å². The number of alkyl halides is 1. The van der Waals surface area contributed by atoms with Gasteiger partial charge in [-0.1, -0.05) is 15.9 Å². The first-order valence-corrected chi connectivity index (χ1v) is 8.34. The highest BCUT2D eigenvalue weighted by Gasteiger charge is 2.20. The molecule has 1 saturated heterocycles. The van der Waals surface area contributed by atoms with Crippen molar-refractivity contribution in [3.63, 3.8) is 0 Å². The number of hydrogen-bond donors (Lipinski definition) is 0. The lowest BCUT2D eigenvalue weighted by molar-refractivity contribution is 0.165. The number of piperidine rings is 1. The molecule has 96 valence electrons. The summed E-state index contributed by atoms with van der Waals surface area (Å²) in [7, 11) is 0. The molecule has 0 aliphatic carbocycles. The average molecular weight is 317 g/mol. The topological polar surface area (TPSA) is 16.1 Å². The zero-order valence-corrected chi connectivity index (χ0v) is 13.1. The van der Waals surface area contributed by atoms with Crippen LogP contribution in [0.2, 0.25) is 0 Å². The minimum absolute atomic E-state index is 0.880. The molecule has 2 heterocycles. The highest BCUT2D eigenvalue weighted by atomic mass is 79.9. The fourth-order valence-electron chi connectivity index (χ4n) is 2.48. The maximum Gasteiger partial charge on any atom is 0.107 e. The Hall–Kier alpha value is 0.0700. The SMILES string of the molecule is Cc1nc(CN2CCCC(CCBr)C2)sc1C. The van der Waals surface area contributed by atoms with Gasteiger partial charge in [-0.2, -0.15) is 0 Å². The minimum Gasteiger partial charge on any atom is -0.296 e. The van der Waals surface area contributed by atoms with Crippen molar-refractivity contribution in [2.24, 2.45) is 5.92 Å². The van der Waals surface area contributed by atoms with Crippen LogP contribution >= 0.6 is 27.3 Å². The number of hydrogen-bond acceptors (Lipinski definition) is 3. The van der Waals surface area contributed by atoms with E-state index in [1.165, 1.54) is 47.9 Å². The third kappa shape index (κ3) is 3.76. The summed E-state index contributed by atoms with van der Waals surface area (Å²) in [5, 5.41) is 2.43. The normalized spacial score (nSPS) is 21.9. The summed E-state index contributed by atoms with van der Waals surface area (Å²) < 4.78 is 0. The standard InChI is InChI=1S/C13H21BrN2S/c1-10-11(2)17-13(15-10)9-16-7-3-4-12(8-16)5-6-14/h12H,3-9H2,1-2H3. The Morgan fingerprint density at radius 1 is 1.47 bits per heavy atom. The molecule has 4 heteroatoms. The molecule has 1 fully saturated rings. The summed E-state index contributed by atoms with van der Waals surface area (Å²) in [4.78, 5) is 8.59. The van der Waals surface area contributed by atoms with E-state index < -0.39 is 0 Å². The van der Waals surface area contributed by atoms with Crippen LogP contribution in [-0.4, -0.2) is 28.3 Å². The van der Waals surface area contributed by atoms with Crippen LogP contribution in [0.1, 0.15) is 34.8 Å². The molecule has 1 aliphatic heterocycles. The van der Waals surface area contributed by atoms with Gasteiger partial charge in [0.2, 0.25) is 0 Å². The van der Waals surface area contributed by atoms with E-state index in [0.717, 1.165) is 17.8 Å². The smallest absolute Gasteiger partial charge is 0.107 e. The third-order valence-electron chi connectivity index (χ3n) is 3.55. The fraction of sp³-hybridized carbons (Fsp3) is 0.769. The predicted molar refractivity (Wildman–Crippen MR) is 78.0 cm³/mol. The van der Waals surface area contributed by atoms with Gasteiger partial charge in [-0.25, -0.2) is 4.98 Å². The second-order valence-corrected chi connectivity index (χ2v) is 7.05. The Morgan fingerprint density at radius 3 is 2.94 bits per heavy atom. The van der Waals surface area contributed by atoms with Gasteiger partial charge in [0.25, 0.3) is 0 Å². The molecule has 0 amide bonds. The first-order chi connectivity index (χ1) is 8.19. The molecule has 1 atom stereocenters. The van der Waals surface area contributed by atoms with Crippen molar-refractivity contribution in [3.05, 3.63) is 15.6 Å². The van der Waals surface area contributed by atoms with E-state index in [0.29, 0.717) is 0 Å². The Morgan fingerprint density at radius 2 is 2.29 bits per heavy atom. The van der Waals surface area contributed by atoms with Gasteiger partial charge >= 0.3 is 0 Å². The van der Waals surface area contributed by atoms with Crippen molar-refractivity contribution in [1.29, 1.82) is 0 Å². The van der Waals surface area contributed by atoms with Crippen molar-refractivity contribution in [2.75, 3.05) is 18.4 Å². The number of nitrogens with zero attached hydrogens (tertiary/aromatic N) is 2. The number of aryl methyl sites for hydroxylation is 2. The van der Waals surface area contributed by atoms with Crippen molar-refractivity contribution in [3.8, 4) is 0 Å². The molecular weight excluding hydrogens is 296 g/mol. The van der Waals surface area contributed by atoms with E-state index >= 15 is 0 Å². The summed E-state index contributed by atoms with van der Waals surface area (Å²) in [5.74, 6) is 0.880. The highest BCUT2D eigenvalue weighted by molar-refractivity contribution is 9.09. The van der Waals surface area contributed by atoms with Crippen LogP contribution in [0.15, 0.2) is 0 Å². The van der Waals surface area contributed by atoms with E-state index in [1.807, 2.05) is 11.3 Å². The molecular formula is C13H21BrN2S. The number of aromatic nitrogens is 1. The minimum atomic E-state index is 0.880. The second kappa shape index (κ2) is 6.30. The van der Waals surface area contributed by atoms with E-state index in [4.69, 9.17) is 0 Å². The van der Waals surface area contributed by atoms with Crippen molar-refractivity contribution >= 4 is 27.3 Å². The van der Waals surface area contributed by atoms with E-state index in [2.05, 4.69) is 39.7 Å². The predicted octanol–water partition coefficient (Wildman–Crippen LogP) is 3.76. The van der Waals surface area contributed by atoms with Gasteiger partial charge < -0.3 is 0 Å². The summed E-state index contributed by atoms with van der Waals surface area (Å²) in [6, 6.07) is 0. The first kappa shape index (κ1) is 13.5. The molecule has 1 unspecified atom stereocenters. The van der Waals surface area contributed by atoms with Crippen molar-refractivity contribution in [2.45, 2.75) is 39.7 Å². The largest absolute Gasteiger partial charge is 0.296 e. The monoisotopic (exact) mass is 316 g/mol. The molecule has 0 bridgehead atoms. The molecule has 1 aromatic rings. The van der Waals surface area contributed by atoms with Crippen molar-refractivity contribution in [1.82, 2.24) is 9.88 Å². The lowest BCUT2D eigenvalue weighted by Crippen LogP contribution is -2.35. The van der Waals surface area contributed by atoms with Crippen LogP contribution < -0.4 is 0 Å². The summed E-state index contributed by atoms with van der Waals surface area (Å²) in [6.07, 6.45) is 4.06.